The lowest BCUT2D eigenvalue weighted by Crippen LogP contribution is -2.15. The van der Waals surface area contributed by atoms with Gasteiger partial charge in [0.05, 0.1) is 12.1 Å². The average molecular weight is 226 g/mol. The summed E-state index contributed by atoms with van der Waals surface area (Å²) in [7, 11) is 0. The zero-order valence-corrected chi connectivity index (χ0v) is 9.26. The van der Waals surface area contributed by atoms with Crippen LogP contribution in [-0.4, -0.2) is 24.1 Å². The number of aromatic nitrogens is 1. The highest BCUT2D eigenvalue weighted by Crippen LogP contribution is 2.27. The van der Waals surface area contributed by atoms with E-state index < -0.39 is 0 Å². The second-order valence-electron chi connectivity index (χ2n) is 3.70. The lowest BCUT2D eigenvalue weighted by Gasteiger charge is -2.19. The molecule has 1 amide bonds. The Morgan fingerprint density at radius 3 is 3.00 bits per heavy atom. The maximum absolute atomic E-state index is 10.7. The Balaban J connectivity index is 2.02. The van der Waals surface area contributed by atoms with Gasteiger partial charge >= 0.3 is 0 Å². The molecule has 1 aromatic heterocycles. The monoisotopic (exact) mass is 226 g/mol. The minimum atomic E-state index is -0.317. The SMILES string of the molecule is NC(=O)Cc1nc(C2CCOCC2)cs1. The summed E-state index contributed by atoms with van der Waals surface area (Å²) >= 11 is 1.52. The molecule has 1 aromatic rings. The highest BCUT2D eigenvalue weighted by atomic mass is 32.1. The number of ether oxygens (including phenoxy) is 1. The Morgan fingerprint density at radius 2 is 2.33 bits per heavy atom. The number of carbonyl (C=O) groups excluding carboxylic acids is 1. The first kappa shape index (κ1) is 10.6. The van der Waals surface area contributed by atoms with Gasteiger partial charge in [0.15, 0.2) is 0 Å². The van der Waals surface area contributed by atoms with Gasteiger partial charge in [0.1, 0.15) is 5.01 Å². The van der Waals surface area contributed by atoms with E-state index >= 15 is 0 Å². The third kappa shape index (κ3) is 2.76. The number of nitrogens with two attached hydrogens (primary N) is 1. The van der Waals surface area contributed by atoms with Crippen LogP contribution in [0.25, 0.3) is 0 Å². The fraction of sp³-hybridized carbons (Fsp3) is 0.600. The summed E-state index contributed by atoms with van der Waals surface area (Å²) in [5.74, 6) is 0.180. The first-order valence-corrected chi connectivity index (χ1v) is 5.94. The van der Waals surface area contributed by atoms with Gasteiger partial charge in [0.25, 0.3) is 0 Å². The van der Waals surface area contributed by atoms with E-state index in [1.165, 1.54) is 11.3 Å². The van der Waals surface area contributed by atoms with Crippen molar-refractivity contribution in [3.63, 3.8) is 0 Å². The largest absolute Gasteiger partial charge is 0.381 e. The molecule has 0 bridgehead atoms. The molecular formula is C10H14N2O2S. The van der Waals surface area contributed by atoms with Crippen LogP contribution < -0.4 is 5.73 Å². The van der Waals surface area contributed by atoms with Gasteiger partial charge in [-0.05, 0) is 12.8 Å². The van der Waals surface area contributed by atoms with E-state index in [1.54, 1.807) is 0 Å². The van der Waals surface area contributed by atoms with Crippen LogP contribution in [0.1, 0.15) is 29.5 Å². The normalized spacial score (nSPS) is 17.9. The predicted molar refractivity (Wildman–Crippen MR) is 57.8 cm³/mol. The molecule has 5 heteroatoms. The highest BCUT2D eigenvalue weighted by Gasteiger charge is 2.18. The van der Waals surface area contributed by atoms with Crippen molar-refractivity contribution in [2.45, 2.75) is 25.2 Å². The summed E-state index contributed by atoms with van der Waals surface area (Å²) in [6.45, 7) is 1.63. The molecule has 0 radical (unpaired) electrons. The quantitative estimate of drug-likeness (QED) is 0.838. The number of thiazole rings is 1. The van der Waals surface area contributed by atoms with Gasteiger partial charge in [-0.2, -0.15) is 0 Å². The number of hydrogen-bond donors (Lipinski definition) is 1. The first-order valence-electron chi connectivity index (χ1n) is 5.06. The maximum atomic E-state index is 10.7. The zero-order chi connectivity index (χ0) is 10.7. The van der Waals surface area contributed by atoms with Crippen molar-refractivity contribution in [3.8, 4) is 0 Å². The van der Waals surface area contributed by atoms with Gasteiger partial charge in [0, 0.05) is 24.5 Å². The molecule has 1 aliphatic heterocycles. The van der Waals surface area contributed by atoms with Gasteiger partial charge in [0.2, 0.25) is 5.91 Å². The van der Waals surface area contributed by atoms with Crippen molar-refractivity contribution in [1.29, 1.82) is 0 Å². The minimum absolute atomic E-state index is 0.258. The van der Waals surface area contributed by atoms with Crippen LogP contribution in [0.4, 0.5) is 0 Å². The third-order valence-corrected chi connectivity index (χ3v) is 3.40. The molecule has 1 fully saturated rings. The zero-order valence-electron chi connectivity index (χ0n) is 8.44. The van der Waals surface area contributed by atoms with Gasteiger partial charge < -0.3 is 10.5 Å². The third-order valence-electron chi connectivity index (χ3n) is 2.53. The van der Waals surface area contributed by atoms with Gasteiger partial charge in [-0.25, -0.2) is 4.98 Å². The van der Waals surface area contributed by atoms with Gasteiger partial charge in [-0.1, -0.05) is 0 Å². The van der Waals surface area contributed by atoms with Crippen LogP contribution in [0.15, 0.2) is 5.38 Å². The molecule has 2 rings (SSSR count). The summed E-state index contributed by atoms with van der Waals surface area (Å²) in [5, 5.41) is 2.86. The maximum Gasteiger partial charge on any atom is 0.224 e. The molecular weight excluding hydrogens is 212 g/mol. The van der Waals surface area contributed by atoms with Crippen molar-refractivity contribution >= 4 is 17.2 Å². The Hall–Kier alpha value is -0.940. The second-order valence-corrected chi connectivity index (χ2v) is 4.64. The van der Waals surface area contributed by atoms with Crippen LogP contribution in [-0.2, 0) is 16.0 Å². The Morgan fingerprint density at radius 1 is 1.60 bits per heavy atom. The van der Waals surface area contributed by atoms with E-state index in [1.807, 2.05) is 5.38 Å². The molecule has 4 nitrogen and oxygen atoms in total. The summed E-state index contributed by atoms with van der Waals surface area (Å²) < 4.78 is 5.29. The molecule has 82 valence electrons. The number of carbonyl (C=O) groups is 1. The van der Waals surface area contributed by atoms with E-state index in [9.17, 15) is 4.79 Å². The molecule has 0 aliphatic carbocycles. The molecule has 2 heterocycles. The van der Waals surface area contributed by atoms with Crippen molar-refractivity contribution in [1.82, 2.24) is 4.98 Å². The van der Waals surface area contributed by atoms with E-state index in [2.05, 4.69) is 4.98 Å². The molecule has 0 spiro atoms. The molecule has 0 saturated carbocycles. The summed E-state index contributed by atoms with van der Waals surface area (Å²) in [4.78, 5) is 15.2. The van der Waals surface area contributed by atoms with E-state index in [0.717, 1.165) is 36.8 Å². The van der Waals surface area contributed by atoms with E-state index in [4.69, 9.17) is 10.5 Å². The van der Waals surface area contributed by atoms with Crippen molar-refractivity contribution < 1.29 is 9.53 Å². The lowest BCUT2D eigenvalue weighted by molar-refractivity contribution is -0.117. The predicted octanol–water partition coefficient (Wildman–Crippen LogP) is 1.06. The van der Waals surface area contributed by atoms with E-state index in [-0.39, 0.29) is 12.3 Å². The van der Waals surface area contributed by atoms with Crippen LogP contribution in [0, 0.1) is 0 Å². The van der Waals surface area contributed by atoms with Crippen molar-refractivity contribution in [2.24, 2.45) is 5.73 Å². The minimum Gasteiger partial charge on any atom is -0.381 e. The highest BCUT2D eigenvalue weighted by molar-refractivity contribution is 7.09. The molecule has 1 saturated heterocycles. The average Bonchev–Trinajstić information content (AvgIpc) is 2.67. The summed E-state index contributed by atoms with van der Waals surface area (Å²) in [5.41, 5.74) is 6.22. The number of amides is 1. The van der Waals surface area contributed by atoms with Gasteiger partial charge in [-0.3, -0.25) is 4.79 Å². The van der Waals surface area contributed by atoms with Gasteiger partial charge in [-0.15, -0.1) is 11.3 Å². The van der Waals surface area contributed by atoms with Crippen molar-refractivity contribution in [3.05, 3.63) is 16.1 Å². The van der Waals surface area contributed by atoms with E-state index in [0.29, 0.717) is 5.92 Å². The Labute approximate surface area is 92.5 Å². The number of nitrogens with zero attached hydrogens (tertiary/aromatic N) is 1. The van der Waals surface area contributed by atoms with Crippen LogP contribution in [0.5, 0.6) is 0 Å². The molecule has 0 atom stereocenters. The Bertz CT molecular complexity index is 345. The standard InChI is InChI=1S/C10H14N2O2S/c11-9(13)5-10-12-8(6-15-10)7-1-3-14-4-2-7/h6-7H,1-5H2,(H2,11,13). The van der Waals surface area contributed by atoms with Crippen molar-refractivity contribution in [2.75, 3.05) is 13.2 Å². The molecule has 0 aromatic carbocycles. The summed E-state index contributed by atoms with van der Waals surface area (Å²) in [6.07, 6.45) is 2.31. The van der Waals surface area contributed by atoms with Crippen LogP contribution in [0.3, 0.4) is 0 Å². The Kier molecular flexibility index (Phi) is 3.33. The molecule has 2 N–H and O–H groups in total. The number of hydrogen-bond acceptors (Lipinski definition) is 4. The topological polar surface area (TPSA) is 65.2 Å². The van der Waals surface area contributed by atoms with Crippen LogP contribution in [0.2, 0.25) is 0 Å². The summed E-state index contributed by atoms with van der Waals surface area (Å²) in [6, 6.07) is 0. The number of primary amides is 1. The first-order chi connectivity index (χ1) is 7.25. The molecule has 1 aliphatic rings. The number of rotatable bonds is 3. The fourth-order valence-corrected chi connectivity index (χ4v) is 2.62. The van der Waals surface area contributed by atoms with Crippen LogP contribution >= 0.6 is 11.3 Å². The smallest absolute Gasteiger partial charge is 0.224 e. The molecule has 15 heavy (non-hydrogen) atoms. The fourth-order valence-electron chi connectivity index (χ4n) is 1.74. The lowest BCUT2D eigenvalue weighted by atomic mass is 9.98. The second kappa shape index (κ2) is 4.72. The molecule has 0 unspecified atom stereocenters.